The Balaban J connectivity index is 1.79. The Bertz CT molecular complexity index is 676. The Hall–Kier alpha value is -0.870. The highest BCUT2D eigenvalue weighted by Gasteiger charge is 2.24. The van der Waals surface area contributed by atoms with Crippen LogP contribution in [0.25, 0.3) is 10.2 Å². The number of aromatic nitrogens is 2. The first-order chi connectivity index (χ1) is 10.2. The van der Waals surface area contributed by atoms with Crippen molar-refractivity contribution < 1.29 is 0 Å². The summed E-state index contributed by atoms with van der Waals surface area (Å²) in [4.78, 5) is 14.3. The molecule has 2 aliphatic rings. The number of nitrogens with zero attached hydrogens (tertiary/aromatic N) is 3. The van der Waals surface area contributed by atoms with E-state index >= 15 is 0 Å². The molecule has 4 rings (SSSR count). The minimum Gasteiger partial charge on any atom is -0.341 e. The second-order valence-electron chi connectivity index (χ2n) is 6.39. The highest BCUT2D eigenvalue weighted by atomic mass is 35.5. The molecule has 0 radical (unpaired) electrons. The van der Waals surface area contributed by atoms with Crippen LogP contribution in [0.1, 0.15) is 43.0 Å². The highest BCUT2D eigenvalue weighted by Crippen LogP contribution is 2.40. The van der Waals surface area contributed by atoms with E-state index in [1.54, 1.807) is 0 Å². The molecule has 1 aliphatic carbocycles. The van der Waals surface area contributed by atoms with Crippen LogP contribution >= 0.6 is 22.9 Å². The lowest BCUT2D eigenvalue weighted by molar-refractivity contribution is 0.509. The Kier molecular flexibility index (Phi) is 3.54. The summed E-state index contributed by atoms with van der Waals surface area (Å²) in [6.07, 6.45) is 7.34. The second-order valence-corrected chi connectivity index (χ2v) is 7.84. The molecular weight excluding hydrogens is 302 g/mol. The topological polar surface area (TPSA) is 29.0 Å². The lowest BCUT2D eigenvalue weighted by Crippen LogP contribution is -2.30. The zero-order valence-corrected chi connectivity index (χ0v) is 13.9. The molecule has 0 aromatic carbocycles. The number of hydrogen-bond acceptors (Lipinski definition) is 4. The van der Waals surface area contributed by atoms with Gasteiger partial charge in [0.1, 0.15) is 9.98 Å². The minimum atomic E-state index is 0.660. The van der Waals surface area contributed by atoms with Crippen molar-refractivity contribution in [1.29, 1.82) is 0 Å². The summed E-state index contributed by atoms with van der Waals surface area (Å²) < 4.78 is 0. The van der Waals surface area contributed by atoms with Gasteiger partial charge in [0.25, 0.3) is 0 Å². The number of piperidine rings is 1. The summed E-state index contributed by atoms with van der Waals surface area (Å²) in [6, 6.07) is 0. The van der Waals surface area contributed by atoms with Gasteiger partial charge >= 0.3 is 0 Å². The lowest BCUT2D eigenvalue weighted by atomic mass is 9.89. The lowest BCUT2D eigenvalue weighted by Gasteiger charge is -2.26. The third-order valence-corrected chi connectivity index (χ3v) is 6.16. The molecule has 21 heavy (non-hydrogen) atoms. The van der Waals surface area contributed by atoms with Crippen LogP contribution in [0.3, 0.4) is 0 Å². The van der Waals surface area contributed by atoms with E-state index in [1.807, 2.05) is 11.3 Å². The average Bonchev–Trinajstić information content (AvgIpc) is 2.85. The fraction of sp³-hybridized carbons (Fsp3) is 0.625. The molecule has 1 saturated heterocycles. The normalized spacial score (nSPS) is 22.6. The van der Waals surface area contributed by atoms with Crippen molar-refractivity contribution in [2.45, 2.75) is 45.4 Å². The maximum atomic E-state index is 6.53. The van der Waals surface area contributed by atoms with E-state index in [9.17, 15) is 0 Å². The zero-order valence-electron chi connectivity index (χ0n) is 12.4. The third kappa shape index (κ3) is 2.42. The van der Waals surface area contributed by atoms with Gasteiger partial charge in [0.05, 0.1) is 5.39 Å². The SMILES string of the molecule is CC1CCc2c(sc3nc(N4CCCCC4)nc(Cl)c23)C1. The van der Waals surface area contributed by atoms with Gasteiger partial charge in [0.2, 0.25) is 5.95 Å². The summed E-state index contributed by atoms with van der Waals surface area (Å²) in [5.74, 6) is 1.61. The molecule has 0 saturated carbocycles. The van der Waals surface area contributed by atoms with E-state index in [-0.39, 0.29) is 0 Å². The van der Waals surface area contributed by atoms with Crippen molar-refractivity contribution in [2.75, 3.05) is 18.0 Å². The first kappa shape index (κ1) is 13.8. The fourth-order valence-corrected chi connectivity index (χ4v) is 5.24. The second kappa shape index (κ2) is 5.40. The summed E-state index contributed by atoms with van der Waals surface area (Å²) in [5.41, 5.74) is 1.42. The van der Waals surface area contributed by atoms with Crippen molar-refractivity contribution in [3.05, 3.63) is 15.6 Å². The van der Waals surface area contributed by atoms with Gasteiger partial charge in [-0.3, -0.25) is 0 Å². The monoisotopic (exact) mass is 321 g/mol. The number of aryl methyl sites for hydroxylation is 1. The summed E-state index contributed by atoms with van der Waals surface area (Å²) >= 11 is 8.36. The largest absolute Gasteiger partial charge is 0.341 e. The van der Waals surface area contributed by atoms with Gasteiger partial charge in [-0.2, -0.15) is 0 Å². The van der Waals surface area contributed by atoms with Gasteiger partial charge in [0, 0.05) is 18.0 Å². The molecule has 1 unspecified atom stereocenters. The van der Waals surface area contributed by atoms with Crippen LogP contribution in [0.2, 0.25) is 5.15 Å². The van der Waals surface area contributed by atoms with Crippen molar-refractivity contribution in [3.8, 4) is 0 Å². The number of hydrogen-bond donors (Lipinski definition) is 0. The molecule has 1 fully saturated rings. The van der Waals surface area contributed by atoms with Gasteiger partial charge < -0.3 is 4.90 Å². The number of thiophene rings is 1. The van der Waals surface area contributed by atoms with Gasteiger partial charge in [0.15, 0.2) is 0 Å². The summed E-state index contributed by atoms with van der Waals surface area (Å²) in [5, 5.41) is 1.79. The van der Waals surface area contributed by atoms with Gasteiger partial charge in [-0.05, 0) is 50.0 Å². The predicted molar refractivity (Wildman–Crippen MR) is 89.7 cm³/mol. The Morgan fingerprint density at radius 1 is 1.19 bits per heavy atom. The van der Waals surface area contributed by atoms with Crippen LogP contribution in [0, 0.1) is 5.92 Å². The molecule has 1 atom stereocenters. The molecule has 2 aromatic heterocycles. The smallest absolute Gasteiger partial charge is 0.228 e. The Morgan fingerprint density at radius 2 is 2.00 bits per heavy atom. The number of anilines is 1. The maximum Gasteiger partial charge on any atom is 0.228 e. The van der Waals surface area contributed by atoms with Crippen molar-refractivity contribution in [1.82, 2.24) is 9.97 Å². The van der Waals surface area contributed by atoms with Crippen LogP contribution in [-0.2, 0) is 12.8 Å². The molecule has 5 heteroatoms. The van der Waals surface area contributed by atoms with Gasteiger partial charge in [-0.25, -0.2) is 9.97 Å². The summed E-state index contributed by atoms with van der Waals surface area (Å²) in [7, 11) is 0. The third-order valence-electron chi connectivity index (χ3n) is 4.74. The number of rotatable bonds is 1. The van der Waals surface area contributed by atoms with Gasteiger partial charge in [-0.15, -0.1) is 11.3 Å². The first-order valence-electron chi connectivity index (χ1n) is 7.95. The summed E-state index contributed by atoms with van der Waals surface area (Å²) in [6.45, 7) is 4.45. The molecule has 0 bridgehead atoms. The quantitative estimate of drug-likeness (QED) is 0.726. The fourth-order valence-electron chi connectivity index (χ4n) is 3.52. The van der Waals surface area contributed by atoms with Gasteiger partial charge in [-0.1, -0.05) is 18.5 Å². The van der Waals surface area contributed by atoms with E-state index in [2.05, 4.69) is 16.8 Å². The number of halogens is 1. The van der Waals surface area contributed by atoms with Crippen molar-refractivity contribution in [3.63, 3.8) is 0 Å². The zero-order chi connectivity index (χ0) is 14.4. The molecule has 3 heterocycles. The highest BCUT2D eigenvalue weighted by molar-refractivity contribution is 7.19. The van der Waals surface area contributed by atoms with Crippen LogP contribution < -0.4 is 4.90 Å². The van der Waals surface area contributed by atoms with Crippen LogP contribution in [0.4, 0.5) is 5.95 Å². The van der Waals surface area contributed by atoms with E-state index < -0.39 is 0 Å². The minimum absolute atomic E-state index is 0.660. The van der Waals surface area contributed by atoms with E-state index in [1.165, 1.54) is 42.5 Å². The predicted octanol–water partition coefficient (Wildman–Crippen LogP) is 4.46. The Labute approximate surface area is 134 Å². The van der Waals surface area contributed by atoms with Crippen molar-refractivity contribution >= 4 is 39.1 Å². The van der Waals surface area contributed by atoms with Crippen LogP contribution in [0.15, 0.2) is 0 Å². The molecule has 2 aromatic rings. The standard InChI is InChI=1S/C16H20ClN3S/c1-10-5-6-11-12(9-10)21-15-13(11)14(17)18-16(19-15)20-7-3-2-4-8-20/h10H,2-9H2,1H3. The molecule has 3 nitrogen and oxygen atoms in total. The molecule has 0 N–H and O–H groups in total. The van der Waals surface area contributed by atoms with E-state index in [0.717, 1.165) is 41.6 Å². The van der Waals surface area contributed by atoms with Crippen LogP contribution in [-0.4, -0.2) is 23.1 Å². The average molecular weight is 322 g/mol. The molecular formula is C16H20ClN3S. The maximum absolute atomic E-state index is 6.53. The van der Waals surface area contributed by atoms with Crippen LogP contribution in [0.5, 0.6) is 0 Å². The first-order valence-corrected chi connectivity index (χ1v) is 9.14. The Morgan fingerprint density at radius 3 is 2.81 bits per heavy atom. The van der Waals surface area contributed by atoms with E-state index in [4.69, 9.17) is 16.6 Å². The molecule has 112 valence electrons. The molecule has 0 spiro atoms. The van der Waals surface area contributed by atoms with Crippen molar-refractivity contribution in [2.24, 2.45) is 5.92 Å². The van der Waals surface area contributed by atoms with E-state index in [0.29, 0.717) is 5.15 Å². The number of fused-ring (bicyclic) bond motifs is 3. The molecule has 0 amide bonds. The molecule has 1 aliphatic heterocycles.